The topological polar surface area (TPSA) is 101 Å². The Balaban J connectivity index is 0. The Morgan fingerprint density at radius 1 is 1.33 bits per heavy atom. The number of amides is 3. The molecule has 0 aromatic rings. The van der Waals surface area contributed by atoms with E-state index in [2.05, 4.69) is 5.32 Å². The third kappa shape index (κ3) is 7.41. The van der Waals surface area contributed by atoms with Gasteiger partial charge in [0.15, 0.2) is 0 Å². The summed E-state index contributed by atoms with van der Waals surface area (Å²) in [4.78, 5) is 30.2. The van der Waals surface area contributed by atoms with Crippen LogP contribution in [0.1, 0.15) is 0 Å². The Hall–Kier alpha value is -2.59. The average Bonchev–Trinajstić information content (AvgIpc) is 1.97. The molecule has 0 radical (unpaired) electrons. The summed E-state index contributed by atoms with van der Waals surface area (Å²) in [5, 5.41) is 4.16. The van der Waals surface area contributed by atoms with Crippen LogP contribution >= 0.6 is 0 Å². The quantitative estimate of drug-likeness (QED) is 0.335. The van der Waals surface area contributed by atoms with Crippen LogP contribution in [0, 0.1) is 0 Å². The molecule has 0 spiro atoms. The van der Waals surface area contributed by atoms with Gasteiger partial charge in [-0.2, -0.15) is 6.41 Å². The van der Waals surface area contributed by atoms with Crippen LogP contribution in [0.4, 0.5) is 0 Å². The van der Waals surface area contributed by atoms with Gasteiger partial charge in [-0.25, -0.2) is 0 Å². The summed E-state index contributed by atoms with van der Waals surface area (Å²) in [6, 6.07) is 0. The van der Waals surface area contributed by atoms with E-state index >= 15 is 0 Å². The van der Waals surface area contributed by atoms with Crippen LogP contribution in [0.5, 0.6) is 0 Å². The van der Waals surface area contributed by atoms with Crippen LogP contribution in [0.15, 0.2) is 0 Å². The molecule has 0 aromatic heterocycles. The molecule has 7 heteroatoms. The predicted octanol–water partition coefficient (Wildman–Crippen LogP) is -2.76. The number of nitrogens with one attached hydrogen (secondary N) is 2. The molecular formula is C5H8FmN3O3-. The first-order valence-corrected chi connectivity index (χ1v) is 2.82. The van der Waals surface area contributed by atoms with Crippen molar-refractivity contribution in [3.05, 3.63) is 0 Å². The van der Waals surface area contributed by atoms with E-state index in [0.717, 1.165) is 0 Å². The van der Waals surface area contributed by atoms with Gasteiger partial charge in [0, 0.05) is 0 Å². The molecule has 0 rings (SSSR count). The molecule has 4 N–H and O–H groups in total. The summed E-state index contributed by atoms with van der Waals surface area (Å²) in [6.07, 6.45) is 1.31. The van der Waals surface area contributed by atoms with E-state index in [1.54, 1.807) is 0 Å². The summed E-state index contributed by atoms with van der Waals surface area (Å²) in [5.74, 6) is -1.11. The van der Waals surface area contributed by atoms with Gasteiger partial charge < -0.3 is 21.2 Å². The fourth-order valence-electron chi connectivity index (χ4n) is 0.365. The maximum Gasteiger partial charge on any atom is 0.237 e. The zero-order chi connectivity index (χ0) is 8.69. The van der Waals surface area contributed by atoms with Crippen molar-refractivity contribution < 1.29 is 14.4 Å². The van der Waals surface area contributed by atoms with E-state index in [0.29, 0.717) is 0 Å². The van der Waals surface area contributed by atoms with Gasteiger partial charge in [-0.1, -0.05) is 0 Å². The number of nitrogens with two attached hydrogens (primary N) is 1. The predicted molar refractivity (Wildman–Crippen MR) is 35.9 cm³/mol. The SMILES string of the molecule is NC(=O)CNC(=O)CN[C-]=O.[Fm]. The number of rotatable bonds is 5. The van der Waals surface area contributed by atoms with Crippen molar-refractivity contribution in [3.63, 3.8) is 0 Å². The Labute approximate surface area is 63.1 Å². The van der Waals surface area contributed by atoms with Gasteiger partial charge in [0.25, 0.3) is 0 Å². The molecule has 0 fully saturated rings. The molecule has 0 saturated carbocycles. The first-order valence-electron chi connectivity index (χ1n) is 2.82. The van der Waals surface area contributed by atoms with E-state index in [4.69, 9.17) is 5.73 Å². The summed E-state index contributed by atoms with van der Waals surface area (Å²) in [5.41, 5.74) is 4.72. The van der Waals surface area contributed by atoms with Crippen molar-refractivity contribution in [3.8, 4) is 0 Å². The third-order valence-corrected chi connectivity index (χ3v) is 0.781. The summed E-state index contributed by atoms with van der Waals surface area (Å²) in [7, 11) is 0. The van der Waals surface area contributed by atoms with E-state index in [1.807, 2.05) is 5.32 Å². The molecule has 6 nitrogen and oxygen atoms in total. The van der Waals surface area contributed by atoms with Gasteiger partial charge in [-0.3, -0.25) is 9.59 Å². The number of hydrogen-bond acceptors (Lipinski definition) is 3. The second-order valence-electron chi connectivity index (χ2n) is 1.70. The second-order valence-corrected chi connectivity index (χ2v) is 1.70. The monoisotopic (exact) mass is 415 g/mol. The number of hydrogen-bond donors (Lipinski definition) is 3. The average molecular weight is 415 g/mol. The first kappa shape index (κ1) is 12.1. The Kier molecular flexibility index (Phi) is 6.59. The van der Waals surface area contributed by atoms with Gasteiger partial charge in [0.05, 0.1) is 13.1 Å². The third-order valence-electron chi connectivity index (χ3n) is 0.781. The molecule has 0 aromatic carbocycles. The fourth-order valence-corrected chi connectivity index (χ4v) is 0.365. The molecule has 0 saturated heterocycles. The van der Waals surface area contributed by atoms with Crippen LogP contribution in [-0.4, -0.2) is 31.3 Å². The van der Waals surface area contributed by atoms with Crippen LogP contribution in [0.3, 0.4) is 0 Å². The molecule has 74 valence electrons. The fraction of sp³-hybridized carbons (Fsp3) is 0.400. The molecule has 12 heavy (non-hydrogen) atoms. The summed E-state index contributed by atoms with van der Waals surface area (Å²) < 4.78 is 0. The van der Waals surface area contributed by atoms with Crippen molar-refractivity contribution in [2.75, 3.05) is 13.1 Å². The van der Waals surface area contributed by atoms with Gasteiger partial charge in [-0.05, 0) is 0 Å². The molecule has 0 atom stereocenters. The van der Waals surface area contributed by atoms with Crippen molar-refractivity contribution in [1.29, 1.82) is 0 Å². The second kappa shape index (κ2) is 6.53. The van der Waals surface area contributed by atoms with Gasteiger partial charge in [0.2, 0.25) is 11.8 Å². The minimum Gasteiger partial charge on any atom is -0.522 e. The van der Waals surface area contributed by atoms with Crippen LogP contribution < -0.4 is 16.4 Å². The molecular weight excluding hydrogens is 407 g/mol. The molecule has 0 heterocycles. The van der Waals surface area contributed by atoms with Crippen molar-refractivity contribution >= 4 is 18.2 Å². The van der Waals surface area contributed by atoms with Crippen LogP contribution in [0.25, 0.3) is 0 Å². The minimum atomic E-state index is -0.631. The molecule has 0 aliphatic rings. The van der Waals surface area contributed by atoms with Gasteiger partial charge >= 0.3 is 0 Å². The largest absolute Gasteiger partial charge is 0.522 e. The van der Waals surface area contributed by atoms with E-state index < -0.39 is 11.8 Å². The van der Waals surface area contributed by atoms with E-state index in [-0.39, 0.29) is 13.1 Å². The number of carbonyl (C=O) groups is 2. The summed E-state index contributed by atoms with van der Waals surface area (Å²) in [6.45, 7) is -0.420. The standard InChI is InChI=1S/C5H8N3O3.Fm/c6-4(10)1-8-5(11)2-7-3-9;/h1-2H2,(H2,6,10)(H,7,9)(H,8,11);/q-1;. The Bertz CT molecular complexity index is 173. The van der Waals surface area contributed by atoms with Crippen molar-refractivity contribution in [2.24, 2.45) is 5.73 Å². The van der Waals surface area contributed by atoms with E-state index in [9.17, 15) is 14.4 Å². The molecule has 3 amide bonds. The number of primary amides is 1. The molecule has 0 unspecified atom stereocenters. The van der Waals surface area contributed by atoms with Crippen LogP contribution in [-0.2, 0) is 14.4 Å². The normalized spacial score (nSPS) is 7.67. The molecule has 0 bridgehead atoms. The van der Waals surface area contributed by atoms with Crippen LogP contribution in [0.2, 0.25) is 0 Å². The maximum absolute atomic E-state index is 10.5. The first-order chi connectivity index (χ1) is 5.16. The minimum absolute atomic E-state index is 0. The Morgan fingerprint density at radius 3 is 2.33 bits per heavy atom. The Morgan fingerprint density at radius 2 is 1.92 bits per heavy atom. The van der Waals surface area contributed by atoms with E-state index in [1.165, 1.54) is 6.41 Å². The maximum atomic E-state index is 10.5. The summed E-state index contributed by atoms with van der Waals surface area (Å²) >= 11 is 0. The van der Waals surface area contributed by atoms with Crippen molar-refractivity contribution in [2.45, 2.75) is 0 Å². The van der Waals surface area contributed by atoms with Gasteiger partial charge in [-0.15, -0.1) is 0 Å². The zero-order valence-corrected chi connectivity index (χ0v) is 8.41. The molecule has 0 aliphatic carbocycles. The molecule has 0 aliphatic heterocycles. The van der Waals surface area contributed by atoms with Gasteiger partial charge in [0.1, 0.15) is 0 Å². The number of carbonyl (C=O) groups excluding carboxylic acids is 3. The van der Waals surface area contributed by atoms with Crippen molar-refractivity contribution in [1.82, 2.24) is 10.6 Å². The smallest absolute Gasteiger partial charge is 0.237 e. The zero-order valence-electron chi connectivity index (χ0n) is 6.00.